The van der Waals surface area contributed by atoms with Crippen molar-refractivity contribution < 1.29 is 9.47 Å². The lowest BCUT2D eigenvalue weighted by molar-refractivity contribution is 0.354. The molecule has 0 aliphatic rings. The number of rotatable bonds is 6. The zero-order chi connectivity index (χ0) is 15.4. The number of ether oxygens (including phenoxy) is 2. The number of fused-ring (bicyclic) bond motifs is 1. The Kier molecular flexibility index (Phi) is 4.39. The van der Waals surface area contributed by atoms with Gasteiger partial charge < -0.3 is 14.8 Å². The summed E-state index contributed by atoms with van der Waals surface area (Å²) in [5, 5.41) is 5.40. The molecule has 5 nitrogen and oxygen atoms in total. The van der Waals surface area contributed by atoms with E-state index in [9.17, 15) is 0 Å². The lowest BCUT2D eigenvalue weighted by atomic mass is 10.1. The van der Waals surface area contributed by atoms with Crippen molar-refractivity contribution in [2.45, 2.75) is 6.42 Å². The third kappa shape index (κ3) is 2.96. The second-order valence-electron chi connectivity index (χ2n) is 4.72. The van der Waals surface area contributed by atoms with Crippen LogP contribution in [0.4, 0.5) is 5.82 Å². The number of aromatic nitrogens is 2. The van der Waals surface area contributed by atoms with Gasteiger partial charge in [0.15, 0.2) is 11.5 Å². The molecule has 0 radical (unpaired) electrons. The smallest absolute Gasteiger partial charge is 0.160 e. The fourth-order valence-corrected chi connectivity index (χ4v) is 3.09. The molecule has 1 aromatic carbocycles. The molecule has 0 atom stereocenters. The van der Waals surface area contributed by atoms with Crippen molar-refractivity contribution in [1.82, 2.24) is 9.97 Å². The van der Waals surface area contributed by atoms with Gasteiger partial charge in [0, 0.05) is 6.54 Å². The third-order valence-electron chi connectivity index (χ3n) is 3.40. The standard InChI is InChI=1S/C16H17N3O2S/c1-20-13-4-3-11(9-14(13)21-2)5-7-17-16-15-12(6-8-22-15)18-10-19-16/h3-4,6,8-10H,5,7H2,1-2H3,(H,17,18,19). The molecule has 2 heterocycles. The van der Waals surface area contributed by atoms with E-state index in [4.69, 9.17) is 9.47 Å². The van der Waals surface area contributed by atoms with Crippen molar-refractivity contribution in [3.8, 4) is 11.5 Å². The molecule has 1 N–H and O–H groups in total. The Morgan fingerprint density at radius 1 is 1.09 bits per heavy atom. The molecule has 0 fully saturated rings. The SMILES string of the molecule is COc1ccc(CCNc2ncnc3ccsc23)cc1OC. The quantitative estimate of drug-likeness (QED) is 0.756. The van der Waals surface area contributed by atoms with E-state index in [-0.39, 0.29) is 0 Å². The monoisotopic (exact) mass is 315 g/mol. The zero-order valence-corrected chi connectivity index (χ0v) is 13.3. The van der Waals surface area contributed by atoms with Gasteiger partial charge in [-0.25, -0.2) is 9.97 Å². The Bertz CT molecular complexity index is 773. The van der Waals surface area contributed by atoms with Crippen molar-refractivity contribution >= 4 is 27.4 Å². The number of hydrogen-bond donors (Lipinski definition) is 1. The number of benzene rings is 1. The van der Waals surface area contributed by atoms with Crippen LogP contribution in [0.15, 0.2) is 36.0 Å². The number of hydrogen-bond acceptors (Lipinski definition) is 6. The van der Waals surface area contributed by atoms with E-state index in [2.05, 4.69) is 15.3 Å². The average Bonchev–Trinajstić information content (AvgIpc) is 3.04. The van der Waals surface area contributed by atoms with E-state index < -0.39 is 0 Å². The van der Waals surface area contributed by atoms with Crippen LogP contribution in [-0.2, 0) is 6.42 Å². The van der Waals surface area contributed by atoms with Crippen LogP contribution in [0, 0.1) is 0 Å². The van der Waals surface area contributed by atoms with Gasteiger partial charge in [0.05, 0.1) is 24.4 Å². The van der Waals surface area contributed by atoms with Gasteiger partial charge in [-0.1, -0.05) is 6.07 Å². The van der Waals surface area contributed by atoms with Crippen LogP contribution in [0.25, 0.3) is 10.2 Å². The van der Waals surface area contributed by atoms with Crippen LogP contribution in [0.5, 0.6) is 11.5 Å². The summed E-state index contributed by atoms with van der Waals surface area (Å²) < 4.78 is 11.7. The largest absolute Gasteiger partial charge is 0.493 e. The minimum absolute atomic E-state index is 0.746. The molecule has 0 aliphatic carbocycles. The summed E-state index contributed by atoms with van der Waals surface area (Å²) in [6.07, 6.45) is 2.46. The number of nitrogens with one attached hydrogen (secondary N) is 1. The van der Waals surface area contributed by atoms with E-state index >= 15 is 0 Å². The Hall–Kier alpha value is -2.34. The maximum absolute atomic E-state index is 5.32. The topological polar surface area (TPSA) is 56.3 Å². The molecule has 3 rings (SSSR count). The lowest BCUT2D eigenvalue weighted by Gasteiger charge is -2.10. The molecule has 0 saturated heterocycles. The third-order valence-corrected chi connectivity index (χ3v) is 4.31. The Labute approximate surface area is 132 Å². The summed E-state index contributed by atoms with van der Waals surface area (Å²) in [6.45, 7) is 0.791. The van der Waals surface area contributed by atoms with E-state index in [0.29, 0.717) is 0 Å². The molecule has 22 heavy (non-hydrogen) atoms. The second kappa shape index (κ2) is 6.62. The van der Waals surface area contributed by atoms with Gasteiger partial charge in [-0.05, 0) is 35.6 Å². The van der Waals surface area contributed by atoms with Crippen molar-refractivity contribution in [1.29, 1.82) is 0 Å². The highest BCUT2D eigenvalue weighted by Crippen LogP contribution is 2.28. The Morgan fingerprint density at radius 3 is 2.77 bits per heavy atom. The summed E-state index contributed by atoms with van der Waals surface area (Å²) in [4.78, 5) is 8.55. The maximum Gasteiger partial charge on any atom is 0.160 e. The number of methoxy groups -OCH3 is 2. The Morgan fingerprint density at radius 2 is 1.95 bits per heavy atom. The summed E-state index contributed by atoms with van der Waals surface area (Å²) >= 11 is 1.65. The molecule has 3 aromatic rings. The molecule has 0 spiro atoms. The summed E-state index contributed by atoms with van der Waals surface area (Å²) in [5.74, 6) is 2.39. The molecule has 0 bridgehead atoms. The van der Waals surface area contributed by atoms with Gasteiger partial charge >= 0.3 is 0 Å². The first-order chi connectivity index (χ1) is 10.8. The molecule has 2 aromatic heterocycles. The van der Waals surface area contributed by atoms with Gasteiger partial charge in [-0.3, -0.25) is 0 Å². The molecule has 0 aliphatic heterocycles. The minimum Gasteiger partial charge on any atom is -0.493 e. The van der Waals surface area contributed by atoms with Crippen molar-refractivity contribution in [2.24, 2.45) is 0 Å². The average molecular weight is 315 g/mol. The predicted octanol–water partition coefficient (Wildman–Crippen LogP) is 3.36. The summed E-state index contributed by atoms with van der Waals surface area (Å²) in [7, 11) is 3.29. The van der Waals surface area contributed by atoms with Gasteiger partial charge in [0.25, 0.3) is 0 Å². The predicted molar refractivity (Wildman–Crippen MR) is 89.2 cm³/mol. The molecular weight excluding hydrogens is 298 g/mol. The van der Waals surface area contributed by atoms with E-state index in [1.165, 1.54) is 5.56 Å². The van der Waals surface area contributed by atoms with Crippen LogP contribution in [0.3, 0.4) is 0 Å². The first-order valence-electron chi connectivity index (χ1n) is 6.95. The number of nitrogens with zero attached hydrogens (tertiary/aromatic N) is 2. The van der Waals surface area contributed by atoms with Crippen LogP contribution in [0.2, 0.25) is 0 Å². The molecule has 0 unspecified atom stereocenters. The van der Waals surface area contributed by atoms with Gasteiger partial charge in [0.2, 0.25) is 0 Å². The van der Waals surface area contributed by atoms with Crippen LogP contribution < -0.4 is 14.8 Å². The highest BCUT2D eigenvalue weighted by molar-refractivity contribution is 7.17. The minimum atomic E-state index is 0.746. The van der Waals surface area contributed by atoms with Crippen molar-refractivity contribution in [3.05, 3.63) is 41.5 Å². The molecule has 114 valence electrons. The second-order valence-corrected chi connectivity index (χ2v) is 5.64. The fourth-order valence-electron chi connectivity index (χ4n) is 2.28. The molecular formula is C16H17N3O2S. The molecule has 0 saturated carbocycles. The van der Waals surface area contributed by atoms with Crippen LogP contribution in [-0.4, -0.2) is 30.7 Å². The first-order valence-corrected chi connectivity index (χ1v) is 7.82. The van der Waals surface area contributed by atoms with Crippen LogP contribution in [0.1, 0.15) is 5.56 Å². The molecule has 0 amide bonds. The van der Waals surface area contributed by atoms with E-state index in [0.717, 1.165) is 40.5 Å². The number of anilines is 1. The maximum atomic E-state index is 5.32. The van der Waals surface area contributed by atoms with Crippen molar-refractivity contribution in [2.75, 3.05) is 26.1 Å². The molecule has 6 heteroatoms. The lowest BCUT2D eigenvalue weighted by Crippen LogP contribution is -2.06. The summed E-state index contributed by atoms with van der Waals surface area (Å²) in [6, 6.07) is 7.97. The van der Waals surface area contributed by atoms with Crippen molar-refractivity contribution in [3.63, 3.8) is 0 Å². The fraction of sp³-hybridized carbons (Fsp3) is 0.250. The number of thiophene rings is 1. The first kappa shape index (κ1) is 14.6. The Balaban J connectivity index is 1.67. The highest BCUT2D eigenvalue weighted by Gasteiger charge is 2.06. The van der Waals surface area contributed by atoms with Gasteiger partial charge in [-0.2, -0.15) is 0 Å². The van der Waals surface area contributed by atoms with Gasteiger partial charge in [-0.15, -0.1) is 11.3 Å². The zero-order valence-electron chi connectivity index (χ0n) is 12.5. The van der Waals surface area contributed by atoms with Crippen LogP contribution >= 0.6 is 11.3 Å². The summed E-state index contributed by atoms with van der Waals surface area (Å²) in [5.41, 5.74) is 2.16. The van der Waals surface area contributed by atoms with Gasteiger partial charge in [0.1, 0.15) is 12.1 Å². The normalized spacial score (nSPS) is 10.6. The van der Waals surface area contributed by atoms with E-state index in [1.54, 1.807) is 31.9 Å². The highest BCUT2D eigenvalue weighted by atomic mass is 32.1. The van der Waals surface area contributed by atoms with E-state index in [1.807, 2.05) is 29.6 Å².